The Bertz CT molecular complexity index is 286. The summed E-state index contributed by atoms with van der Waals surface area (Å²) in [6.45, 7) is 9.52. The molecule has 0 fully saturated rings. The van der Waals surface area contributed by atoms with E-state index in [1.807, 2.05) is 0 Å². The van der Waals surface area contributed by atoms with Crippen molar-refractivity contribution < 1.29 is 9.53 Å². The average molecular weight is 389 g/mol. The van der Waals surface area contributed by atoms with Crippen molar-refractivity contribution in [2.45, 2.75) is 111 Å². The fourth-order valence-corrected chi connectivity index (χ4v) is 8.99. The summed E-state index contributed by atoms with van der Waals surface area (Å²) in [4.78, 5) is 12.5. The first kappa shape index (κ1) is 25.9. The molecule has 0 aromatic carbocycles. The van der Waals surface area contributed by atoms with Crippen molar-refractivity contribution in [3.8, 4) is 0 Å². The molecule has 0 bridgehead atoms. The zero-order valence-electron chi connectivity index (χ0n) is 18.5. The summed E-state index contributed by atoms with van der Waals surface area (Å²) in [6, 6.07) is 0. The van der Waals surface area contributed by atoms with Crippen LogP contribution in [0.25, 0.3) is 0 Å². The van der Waals surface area contributed by atoms with Crippen molar-refractivity contribution in [2.24, 2.45) is 0 Å². The van der Waals surface area contributed by atoms with Crippen LogP contribution >= 0.6 is 7.26 Å². The Morgan fingerprint density at radius 1 is 0.615 bits per heavy atom. The molecule has 0 aliphatic rings. The number of esters is 1. The summed E-state index contributed by atoms with van der Waals surface area (Å²) in [7, 11) is -1.53. The fraction of sp³-hybridized carbons (Fsp3) is 0.957. The van der Waals surface area contributed by atoms with E-state index >= 15 is 0 Å². The van der Waals surface area contributed by atoms with E-state index in [0.717, 1.165) is 12.6 Å². The second-order valence-corrected chi connectivity index (χ2v) is 13.2. The Morgan fingerprint density at radius 3 is 1.38 bits per heavy atom. The fourth-order valence-electron chi connectivity index (χ4n) is 3.99. The molecule has 0 heterocycles. The van der Waals surface area contributed by atoms with E-state index in [4.69, 9.17) is 4.74 Å². The molecule has 0 aliphatic heterocycles. The van der Waals surface area contributed by atoms with Crippen molar-refractivity contribution >= 4 is 13.2 Å². The van der Waals surface area contributed by atoms with Crippen LogP contribution in [-0.4, -0.2) is 37.2 Å². The first-order valence-corrected chi connectivity index (χ1v) is 14.6. The average Bonchev–Trinajstić information content (AvgIpc) is 2.64. The molecule has 0 rings (SSSR count). The predicted octanol–water partition coefficient (Wildman–Crippen LogP) is 7.43. The monoisotopic (exact) mass is 388 g/mol. The molecule has 2 nitrogen and oxygen atoms in total. The molecule has 0 saturated carbocycles. The Balaban J connectivity index is 4.87. The number of unbranched alkanes of at least 4 members (excludes halogenated alkanes) is 9. The van der Waals surface area contributed by atoms with Gasteiger partial charge in [0.2, 0.25) is 0 Å². The van der Waals surface area contributed by atoms with Crippen LogP contribution in [0.4, 0.5) is 0 Å². The van der Waals surface area contributed by atoms with Gasteiger partial charge in [0.05, 0.1) is 0 Å². The van der Waals surface area contributed by atoms with Gasteiger partial charge in [-0.2, -0.15) is 0 Å². The van der Waals surface area contributed by atoms with Crippen molar-refractivity contribution in [2.75, 3.05) is 31.3 Å². The van der Waals surface area contributed by atoms with E-state index < -0.39 is 7.26 Å². The molecule has 0 aromatic heterocycles. The number of hydrogen-bond donors (Lipinski definition) is 0. The number of carbonyl (C=O) groups is 1. The number of ether oxygens (including phenoxy) is 1. The molecule has 3 heteroatoms. The third-order valence-electron chi connectivity index (χ3n) is 5.67. The van der Waals surface area contributed by atoms with Gasteiger partial charge in [-0.05, 0) is 0 Å². The van der Waals surface area contributed by atoms with E-state index in [1.165, 1.54) is 95.5 Å². The van der Waals surface area contributed by atoms with Gasteiger partial charge in [0.15, 0.2) is 0 Å². The number of rotatable bonds is 19. The van der Waals surface area contributed by atoms with Crippen molar-refractivity contribution in [1.82, 2.24) is 0 Å². The Hall–Kier alpha value is -0.100. The van der Waals surface area contributed by atoms with Crippen LogP contribution in [0, 0.1) is 0 Å². The summed E-state index contributed by atoms with van der Waals surface area (Å²) < 4.78 is 5.52. The van der Waals surface area contributed by atoms with Crippen molar-refractivity contribution in [3.05, 3.63) is 0 Å². The SMILES string of the molecule is CCCCCC[PH](CCCCCC)(CCCCCC)CC(=O)OCCC. The van der Waals surface area contributed by atoms with Crippen molar-refractivity contribution in [1.29, 1.82) is 0 Å². The van der Waals surface area contributed by atoms with Gasteiger partial charge in [-0.25, -0.2) is 0 Å². The maximum absolute atomic E-state index is 12.5. The first-order chi connectivity index (χ1) is 12.6. The van der Waals surface area contributed by atoms with Crippen LogP contribution in [0.15, 0.2) is 0 Å². The van der Waals surface area contributed by atoms with Gasteiger partial charge in [-0.3, -0.25) is 0 Å². The zero-order valence-corrected chi connectivity index (χ0v) is 19.5. The molecule has 0 amide bonds. The molecule has 158 valence electrons. The molecular weight excluding hydrogens is 339 g/mol. The maximum atomic E-state index is 12.5. The van der Waals surface area contributed by atoms with Crippen LogP contribution in [0.1, 0.15) is 111 Å². The van der Waals surface area contributed by atoms with Crippen LogP contribution in [-0.2, 0) is 9.53 Å². The second kappa shape index (κ2) is 18.3. The van der Waals surface area contributed by atoms with Crippen LogP contribution < -0.4 is 0 Å². The van der Waals surface area contributed by atoms with Crippen LogP contribution in [0.3, 0.4) is 0 Å². The van der Waals surface area contributed by atoms with Crippen LogP contribution in [0.2, 0.25) is 0 Å². The summed E-state index contributed by atoms with van der Waals surface area (Å²) in [5.41, 5.74) is 0. The van der Waals surface area contributed by atoms with Crippen molar-refractivity contribution in [3.63, 3.8) is 0 Å². The predicted molar refractivity (Wildman–Crippen MR) is 121 cm³/mol. The summed E-state index contributed by atoms with van der Waals surface area (Å²) >= 11 is 0. The molecule has 0 aromatic rings. The van der Waals surface area contributed by atoms with Gasteiger partial charge in [0.1, 0.15) is 0 Å². The normalized spacial score (nSPS) is 12.3. The van der Waals surface area contributed by atoms with Gasteiger partial charge in [0.25, 0.3) is 0 Å². The Labute approximate surface area is 165 Å². The molecule has 26 heavy (non-hydrogen) atoms. The van der Waals surface area contributed by atoms with E-state index in [9.17, 15) is 4.79 Å². The van der Waals surface area contributed by atoms with Gasteiger partial charge < -0.3 is 0 Å². The molecular formula is C23H49O2P. The van der Waals surface area contributed by atoms with Gasteiger partial charge in [-0.15, -0.1) is 0 Å². The van der Waals surface area contributed by atoms with E-state index in [-0.39, 0.29) is 5.97 Å². The molecule has 0 N–H and O–H groups in total. The summed E-state index contributed by atoms with van der Waals surface area (Å²) in [5, 5.41) is 0. The third-order valence-corrected chi connectivity index (χ3v) is 10.9. The van der Waals surface area contributed by atoms with E-state index in [0.29, 0.717) is 6.61 Å². The topological polar surface area (TPSA) is 26.3 Å². The standard InChI is InChI=1S/C23H49O2P/c1-5-9-12-15-19-26(20-16-13-10-6-2,21-17-14-11-7-3)22-23(24)25-18-8-4/h26H,5-22H2,1-4H3. The molecule has 0 aliphatic carbocycles. The zero-order chi connectivity index (χ0) is 19.5. The molecule has 0 saturated heterocycles. The van der Waals surface area contributed by atoms with E-state index in [2.05, 4.69) is 27.7 Å². The second-order valence-electron chi connectivity index (χ2n) is 8.33. The molecule has 0 radical (unpaired) electrons. The van der Waals surface area contributed by atoms with E-state index in [1.54, 1.807) is 0 Å². The minimum atomic E-state index is -1.53. The van der Waals surface area contributed by atoms with Gasteiger partial charge in [-0.1, -0.05) is 0 Å². The molecule has 0 spiro atoms. The Morgan fingerprint density at radius 2 is 1.04 bits per heavy atom. The first-order valence-electron chi connectivity index (χ1n) is 11.8. The van der Waals surface area contributed by atoms with Gasteiger partial charge in [0, 0.05) is 0 Å². The number of carbonyl (C=O) groups excluding carboxylic acids is 1. The summed E-state index contributed by atoms with van der Waals surface area (Å²) in [5.74, 6) is 0.111. The third kappa shape index (κ3) is 14.0. The summed E-state index contributed by atoms with van der Waals surface area (Å²) in [6.07, 6.45) is 21.7. The van der Waals surface area contributed by atoms with Crippen LogP contribution in [0.5, 0.6) is 0 Å². The molecule has 0 atom stereocenters. The Kier molecular flexibility index (Phi) is 18.2. The minimum absolute atomic E-state index is 0.111. The number of hydrogen-bond acceptors (Lipinski definition) is 2. The molecule has 0 unspecified atom stereocenters. The quantitative estimate of drug-likeness (QED) is 0.131. The van der Waals surface area contributed by atoms with Gasteiger partial charge >= 0.3 is 165 Å².